The van der Waals surface area contributed by atoms with Crippen molar-refractivity contribution >= 4 is 5.91 Å². The van der Waals surface area contributed by atoms with Gasteiger partial charge in [-0.15, -0.1) is 0 Å². The molecule has 0 aliphatic rings. The predicted molar refractivity (Wildman–Crippen MR) is 90.9 cm³/mol. The second kappa shape index (κ2) is 7.25. The lowest BCUT2D eigenvalue weighted by atomic mass is 10.0. The number of aromatic amines is 1. The van der Waals surface area contributed by atoms with E-state index in [0.29, 0.717) is 16.8 Å². The highest BCUT2D eigenvalue weighted by atomic mass is 19.1. The second-order valence-electron chi connectivity index (χ2n) is 5.67. The van der Waals surface area contributed by atoms with Crippen molar-refractivity contribution in [3.05, 3.63) is 77.0 Å². The molecule has 0 atom stereocenters. The fourth-order valence-corrected chi connectivity index (χ4v) is 2.58. The molecule has 0 unspecified atom stereocenters. The van der Waals surface area contributed by atoms with Gasteiger partial charge in [-0.05, 0) is 29.7 Å². The molecule has 25 heavy (non-hydrogen) atoms. The van der Waals surface area contributed by atoms with E-state index in [4.69, 9.17) is 0 Å². The van der Waals surface area contributed by atoms with Crippen LogP contribution in [0.1, 0.15) is 28.4 Å². The maximum atomic E-state index is 13.2. The van der Waals surface area contributed by atoms with Gasteiger partial charge in [0.1, 0.15) is 11.6 Å². The molecular weight excluding hydrogens is 324 g/mol. The lowest BCUT2D eigenvalue weighted by molar-refractivity contribution is 0.0951. The molecule has 0 saturated carbocycles. The van der Waals surface area contributed by atoms with E-state index in [1.165, 1.54) is 23.9 Å². The SMILES string of the molecule is CCc1ccc(-c2[nH]ncc2C(=O)NCc2cc(F)cc(F)c2)cc1. The number of amides is 1. The van der Waals surface area contributed by atoms with Crippen molar-refractivity contribution < 1.29 is 13.6 Å². The van der Waals surface area contributed by atoms with Crippen LogP contribution in [0.15, 0.2) is 48.7 Å². The lowest BCUT2D eigenvalue weighted by Gasteiger charge is -2.07. The summed E-state index contributed by atoms with van der Waals surface area (Å²) in [6.45, 7) is 2.09. The van der Waals surface area contributed by atoms with Gasteiger partial charge in [0.25, 0.3) is 5.91 Å². The number of aryl methyl sites for hydroxylation is 1. The highest BCUT2D eigenvalue weighted by Crippen LogP contribution is 2.22. The molecule has 1 heterocycles. The molecule has 0 radical (unpaired) electrons. The monoisotopic (exact) mass is 341 g/mol. The third-order valence-electron chi connectivity index (χ3n) is 3.91. The van der Waals surface area contributed by atoms with Crippen LogP contribution in [-0.4, -0.2) is 16.1 Å². The second-order valence-corrected chi connectivity index (χ2v) is 5.67. The third-order valence-corrected chi connectivity index (χ3v) is 3.91. The highest BCUT2D eigenvalue weighted by molar-refractivity contribution is 5.99. The van der Waals surface area contributed by atoms with Crippen LogP contribution in [0.25, 0.3) is 11.3 Å². The molecule has 0 saturated heterocycles. The summed E-state index contributed by atoms with van der Waals surface area (Å²) in [5, 5.41) is 9.42. The van der Waals surface area contributed by atoms with Gasteiger partial charge in [-0.25, -0.2) is 8.78 Å². The molecule has 3 aromatic rings. The zero-order valence-electron chi connectivity index (χ0n) is 13.6. The van der Waals surface area contributed by atoms with E-state index in [1.54, 1.807) is 0 Å². The first-order chi connectivity index (χ1) is 12.1. The van der Waals surface area contributed by atoms with Crippen LogP contribution in [-0.2, 0) is 13.0 Å². The Labute approximate surface area is 143 Å². The van der Waals surface area contributed by atoms with Gasteiger partial charge in [0, 0.05) is 18.2 Å². The van der Waals surface area contributed by atoms with E-state index in [-0.39, 0.29) is 12.5 Å². The smallest absolute Gasteiger partial charge is 0.255 e. The van der Waals surface area contributed by atoms with E-state index in [9.17, 15) is 13.6 Å². The van der Waals surface area contributed by atoms with E-state index >= 15 is 0 Å². The van der Waals surface area contributed by atoms with Gasteiger partial charge >= 0.3 is 0 Å². The van der Waals surface area contributed by atoms with Crippen molar-refractivity contribution in [1.29, 1.82) is 0 Å². The summed E-state index contributed by atoms with van der Waals surface area (Å²) in [6, 6.07) is 11.0. The van der Waals surface area contributed by atoms with Crippen LogP contribution < -0.4 is 5.32 Å². The minimum atomic E-state index is -0.677. The van der Waals surface area contributed by atoms with Crippen LogP contribution in [0.2, 0.25) is 0 Å². The van der Waals surface area contributed by atoms with Gasteiger partial charge < -0.3 is 5.32 Å². The van der Waals surface area contributed by atoms with Crippen LogP contribution in [0.4, 0.5) is 8.78 Å². The van der Waals surface area contributed by atoms with E-state index in [1.807, 2.05) is 24.3 Å². The van der Waals surface area contributed by atoms with Gasteiger partial charge in [-0.3, -0.25) is 9.89 Å². The largest absolute Gasteiger partial charge is 0.348 e. The third kappa shape index (κ3) is 3.91. The molecule has 0 aliphatic heterocycles. The average molecular weight is 341 g/mol. The van der Waals surface area contributed by atoms with Crippen LogP contribution in [0.3, 0.4) is 0 Å². The maximum absolute atomic E-state index is 13.2. The quantitative estimate of drug-likeness (QED) is 0.741. The summed E-state index contributed by atoms with van der Waals surface area (Å²) in [4.78, 5) is 12.4. The molecule has 2 aromatic carbocycles. The van der Waals surface area contributed by atoms with Gasteiger partial charge in [-0.2, -0.15) is 5.10 Å². The summed E-state index contributed by atoms with van der Waals surface area (Å²) in [6.07, 6.45) is 2.37. The minimum Gasteiger partial charge on any atom is -0.348 e. The molecule has 0 bridgehead atoms. The number of rotatable bonds is 5. The molecule has 128 valence electrons. The van der Waals surface area contributed by atoms with Gasteiger partial charge in [0.15, 0.2) is 0 Å². The van der Waals surface area contributed by atoms with E-state index in [2.05, 4.69) is 22.4 Å². The van der Waals surface area contributed by atoms with Crippen molar-refractivity contribution in [2.75, 3.05) is 0 Å². The topological polar surface area (TPSA) is 57.8 Å². The van der Waals surface area contributed by atoms with Crippen LogP contribution in [0, 0.1) is 11.6 Å². The molecule has 0 fully saturated rings. The van der Waals surface area contributed by atoms with E-state index in [0.717, 1.165) is 18.1 Å². The molecular formula is C19H17F2N3O. The Hall–Kier alpha value is -3.02. The molecule has 1 aromatic heterocycles. The van der Waals surface area contributed by atoms with Crippen LogP contribution in [0.5, 0.6) is 0 Å². The zero-order chi connectivity index (χ0) is 17.8. The van der Waals surface area contributed by atoms with Gasteiger partial charge in [-0.1, -0.05) is 31.2 Å². The number of H-pyrrole nitrogens is 1. The Morgan fingerprint density at radius 2 is 1.76 bits per heavy atom. The van der Waals surface area contributed by atoms with Crippen molar-refractivity contribution in [2.45, 2.75) is 19.9 Å². The average Bonchev–Trinajstić information content (AvgIpc) is 3.09. The Morgan fingerprint density at radius 3 is 2.40 bits per heavy atom. The number of hydrogen-bond acceptors (Lipinski definition) is 2. The number of benzene rings is 2. The molecule has 1 amide bonds. The summed E-state index contributed by atoms with van der Waals surface area (Å²) in [5.41, 5.74) is 3.37. The Bertz CT molecular complexity index is 868. The molecule has 3 rings (SSSR count). The molecule has 4 nitrogen and oxygen atoms in total. The van der Waals surface area contributed by atoms with Gasteiger partial charge in [0.2, 0.25) is 0 Å². The molecule has 0 aliphatic carbocycles. The van der Waals surface area contributed by atoms with Crippen molar-refractivity contribution in [2.24, 2.45) is 0 Å². The molecule has 6 heteroatoms. The number of aromatic nitrogens is 2. The number of halogens is 2. The first kappa shape index (κ1) is 16.8. The fraction of sp³-hybridized carbons (Fsp3) is 0.158. The minimum absolute atomic E-state index is 0.0207. The number of nitrogens with zero attached hydrogens (tertiary/aromatic N) is 1. The van der Waals surface area contributed by atoms with Gasteiger partial charge in [0.05, 0.1) is 17.5 Å². The Kier molecular flexibility index (Phi) is 4.88. The first-order valence-corrected chi connectivity index (χ1v) is 7.92. The normalized spacial score (nSPS) is 10.7. The first-order valence-electron chi connectivity index (χ1n) is 7.92. The summed E-state index contributed by atoms with van der Waals surface area (Å²) >= 11 is 0. The van der Waals surface area contributed by atoms with E-state index < -0.39 is 11.6 Å². The Morgan fingerprint density at radius 1 is 1.08 bits per heavy atom. The highest BCUT2D eigenvalue weighted by Gasteiger charge is 2.15. The summed E-state index contributed by atoms with van der Waals surface area (Å²) < 4.78 is 26.4. The summed E-state index contributed by atoms with van der Waals surface area (Å²) in [5.74, 6) is -1.72. The standard InChI is InChI=1S/C19H17F2N3O/c1-2-12-3-5-14(6-4-12)18-17(11-23-24-18)19(25)22-10-13-7-15(20)9-16(21)8-13/h3-9,11H,2,10H2,1H3,(H,22,25)(H,23,24). The Balaban J connectivity index is 1.75. The van der Waals surface area contributed by atoms with Crippen molar-refractivity contribution in [3.63, 3.8) is 0 Å². The lowest BCUT2D eigenvalue weighted by Crippen LogP contribution is -2.23. The molecule has 0 spiro atoms. The number of carbonyl (C=O) groups is 1. The van der Waals surface area contributed by atoms with Crippen LogP contribution >= 0.6 is 0 Å². The number of nitrogens with one attached hydrogen (secondary N) is 2. The maximum Gasteiger partial charge on any atom is 0.255 e. The predicted octanol–water partition coefficient (Wildman–Crippen LogP) is 3.85. The fourth-order valence-electron chi connectivity index (χ4n) is 2.58. The molecule has 2 N–H and O–H groups in total. The zero-order valence-corrected chi connectivity index (χ0v) is 13.6. The van der Waals surface area contributed by atoms with Crippen molar-refractivity contribution in [1.82, 2.24) is 15.5 Å². The summed E-state index contributed by atoms with van der Waals surface area (Å²) in [7, 11) is 0. The number of carbonyl (C=O) groups excluding carboxylic acids is 1. The van der Waals surface area contributed by atoms with Crippen molar-refractivity contribution in [3.8, 4) is 11.3 Å². The number of hydrogen-bond donors (Lipinski definition) is 2.